The van der Waals surface area contributed by atoms with Crippen molar-refractivity contribution < 1.29 is 27.1 Å². The van der Waals surface area contributed by atoms with Gasteiger partial charge in [-0.15, -0.1) is 0 Å². The molecule has 0 unspecified atom stereocenters. The summed E-state index contributed by atoms with van der Waals surface area (Å²) in [5.74, 6) is -0.956. The normalized spacial score (nSPS) is 12.4. The van der Waals surface area contributed by atoms with Gasteiger partial charge in [0.25, 0.3) is 5.91 Å². The first-order valence-corrected chi connectivity index (χ1v) is 14.6. The van der Waals surface area contributed by atoms with E-state index in [1.165, 1.54) is 43.6 Å². The first-order chi connectivity index (χ1) is 18.3. The summed E-state index contributed by atoms with van der Waals surface area (Å²) in [4.78, 5) is 35.4. The molecule has 0 bridgehead atoms. The average molecular weight is 564 g/mol. The molecule has 0 fully saturated rings. The van der Waals surface area contributed by atoms with Crippen LogP contribution in [0.1, 0.15) is 58.2 Å². The highest BCUT2D eigenvalue weighted by Gasteiger charge is 2.23. The lowest BCUT2D eigenvalue weighted by atomic mass is 10.0. The molecule has 0 radical (unpaired) electrons. The Morgan fingerprint density at radius 2 is 1.72 bits per heavy atom. The molecule has 12 heteroatoms. The van der Waals surface area contributed by atoms with E-state index in [4.69, 9.17) is 4.74 Å². The number of rotatable bonds is 12. The van der Waals surface area contributed by atoms with E-state index in [0.717, 1.165) is 19.1 Å². The van der Waals surface area contributed by atoms with Crippen molar-refractivity contribution >= 4 is 33.1 Å². The van der Waals surface area contributed by atoms with Crippen molar-refractivity contribution in [3.8, 4) is 0 Å². The molecule has 0 aliphatic heterocycles. The van der Waals surface area contributed by atoms with Crippen molar-refractivity contribution in [2.75, 3.05) is 32.9 Å². The number of unbranched alkanes of at least 4 members (excludes halogenated alkanes) is 1. The summed E-state index contributed by atoms with van der Waals surface area (Å²) in [6.45, 7) is 8.70. The minimum Gasteiger partial charge on any atom is -0.444 e. The van der Waals surface area contributed by atoms with E-state index in [9.17, 15) is 22.4 Å². The average Bonchev–Trinajstić information content (AvgIpc) is 2.86. The van der Waals surface area contributed by atoms with E-state index in [1.54, 1.807) is 4.90 Å². The smallest absolute Gasteiger partial charge is 0.410 e. The minimum atomic E-state index is -3.73. The molecule has 214 valence electrons. The first-order valence-electron chi connectivity index (χ1n) is 12.7. The Labute approximate surface area is 230 Å². The molecule has 2 aromatic rings. The lowest BCUT2D eigenvalue weighted by Crippen LogP contribution is -2.38. The third-order valence-corrected chi connectivity index (χ3v) is 6.26. The number of nitrogens with one attached hydrogen (secondary N) is 2. The molecule has 1 aromatic heterocycles. The van der Waals surface area contributed by atoms with Gasteiger partial charge in [-0.2, -0.15) is 0 Å². The van der Waals surface area contributed by atoms with Crippen LogP contribution in [-0.2, 0) is 19.4 Å². The number of likely N-dealkylation sites (N-methyl/N-ethyl adjacent to an activating group) is 1. The number of carbonyl (C=O) groups is 2. The quantitative estimate of drug-likeness (QED) is 0.227. The van der Waals surface area contributed by atoms with Gasteiger partial charge in [-0.1, -0.05) is 25.5 Å². The maximum atomic E-state index is 13.7. The summed E-state index contributed by atoms with van der Waals surface area (Å²) >= 11 is 0. The molecule has 1 aromatic carbocycles. The Balaban J connectivity index is 2.44. The summed E-state index contributed by atoms with van der Waals surface area (Å²) in [6, 6.07) is 6.84. The topological polar surface area (TPSA) is 131 Å². The van der Waals surface area contributed by atoms with Crippen LogP contribution in [0.5, 0.6) is 0 Å². The number of carbonyl (C=O) groups excluding carboxylic acids is 2. The highest BCUT2D eigenvalue weighted by atomic mass is 32.2. The van der Waals surface area contributed by atoms with E-state index >= 15 is 0 Å². The Kier molecular flexibility index (Phi) is 11.4. The molecule has 0 aliphatic carbocycles. The molecule has 2 rings (SSSR count). The molecular formula is C27H38FN5O5S. The van der Waals surface area contributed by atoms with Crippen LogP contribution < -0.4 is 10.6 Å². The summed E-state index contributed by atoms with van der Waals surface area (Å²) in [5, 5.41) is 5.39. The van der Waals surface area contributed by atoms with E-state index in [-0.39, 0.29) is 17.0 Å². The second kappa shape index (κ2) is 14.0. The van der Waals surface area contributed by atoms with Crippen molar-refractivity contribution in [3.63, 3.8) is 0 Å². The molecule has 0 atom stereocenters. The van der Waals surface area contributed by atoms with Gasteiger partial charge in [-0.3, -0.25) is 4.79 Å². The van der Waals surface area contributed by atoms with Gasteiger partial charge in [-0.05, 0) is 57.4 Å². The Hall–Kier alpha value is -3.54. The zero-order valence-corrected chi connectivity index (χ0v) is 24.2. The number of amides is 2. The monoisotopic (exact) mass is 563 g/mol. The van der Waals surface area contributed by atoms with E-state index < -0.39 is 38.4 Å². The lowest BCUT2D eigenvalue weighted by molar-refractivity contribution is -0.115. The van der Waals surface area contributed by atoms with Crippen molar-refractivity contribution in [2.24, 2.45) is 0 Å². The van der Waals surface area contributed by atoms with Crippen molar-refractivity contribution in [1.29, 1.82) is 0 Å². The zero-order valence-electron chi connectivity index (χ0n) is 23.4. The number of aromatic nitrogens is 2. The second-order valence-corrected chi connectivity index (χ2v) is 11.8. The van der Waals surface area contributed by atoms with Crippen LogP contribution in [0.2, 0.25) is 0 Å². The highest BCUT2D eigenvalue weighted by Crippen LogP contribution is 2.25. The number of sulfone groups is 1. The first kappa shape index (κ1) is 31.7. The fraction of sp³-hybridized carbons (Fsp3) is 0.481. The van der Waals surface area contributed by atoms with Gasteiger partial charge in [0, 0.05) is 39.1 Å². The predicted molar refractivity (Wildman–Crippen MR) is 148 cm³/mol. The molecule has 2 amide bonds. The van der Waals surface area contributed by atoms with Gasteiger partial charge in [-0.25, -0.2) is 27.6 Å². The van der Waals surface area contributed by atoms with Crippen molar-refractivity contribution in [2.45, 2.75) is 57.7 Å². The SMILES string of the molecule is CCCCN(CCCN/C(=C(\C(=O)NC)c1ccc(F)cc1)c1ccnc(S(C)(=O)=O)n1)C(=O)OC(C)(C)C. The molecule has 10 nitrogen and oxygen atoms in total. The number of ether oxygens (including phenoxy) is 1. The van der Waals surface area contributed by atoms with Crippen LogP contribution in [0.4, 0.5) is 9.18 Å². The summed E-state index contributed by atoms with van der Waals surface area (Å²) < 4.78 is 43.5. The number of halogens is 1. The molecule has 2 N–H and O–H groups in total. The molecule has 39 heavy (non-hydrogen) atoms. The molecule has 0 aliphatic rings. The van der Waals surface area contributed by atoms with Crippen molar-refractivity contribution in [3.05, 3.63) is 53.6 Å². The zero-order chi connectivity index (χ0) is 29.2. The van der Waals surface area contributed by atoms with Crippen LogP contribution >= 0.6 is 0 Å². The number of benzene rings is 1. The maximum Gasteiger partial charge on any atom is 0.410 e. The summed E-state index contributed by atoms with van der Waals surface area (Å²) in [6.07, 6.45) is 4.09. The largest absolute Gasteiger partial charge is 0.444 e. The summed E-state index contributed by atoms with van der Waals surface area (Å²) in [5.41, 5.74) is 0.327. The van der Waals surface area contributed by atoms with Crippen LogP contribution in [0, 0.1) is 5.82 Å². The van der Waals surface area contributed by atoms with E-state index in [0.29, 0.717) is 31.6 Å². The summed E-state index contributed by atoms with van der Waals surface area (Å²) in [7, 11) is -2.28. The van der Waals surface area contributed by atoms with E-state index in [2.05, 4.69) is 20.6 Å². The van der Waals surface area contributed by atoms with Crippen LogP contribution in [0.3, 0.4) is 0 Å². The predicted octanol–water partition coefficient (Wildman–Crippen LogP) is 3.65. The van der Waals surface area contributed by atoms with Crippen LogP contribution in [0.25, 0.3) is 11.3 Å². The van der Waals surface area contributed by atoms with Crippen LogP contribution in [0.15, 0.2) is 41.7 Å². The van der Waals surface area contributed by atoms with Gasteiger partial charge < -0.3 is 20.3 Å². The fourth-order valence-corrected chi connectivity index (χ4v) is 4.07. The number of hydrogen-bond acceptors (Lipinski definition) is 8. The third-order valence-electron chi connectivity index (χ3n) is 5.40. The Bertz CT molecular complexity index is 1270. The van der Waals surface area contributed by atoms with Gasteiger partial charge in [0.05, 0.1) is 17.0 Å². The lowest BCUT2D eigenvalue weighted by Gasteiger charge is -2.27. The van der Waals surface area contributed by atoms with Gasteiger partial charge in [0.2, 0.25) is 15.0 Å². The highest BCUT2D eigenvalue weighted by molar-refractivity contribution is 7.90. The molecule has 0 spiro atoms. The maximum absolute atomic E-state index is 13.7. The third kappa shape index (κ3) is 9.93. The molecule has 0 saturated carbocycles. The molecule has 1 heterocycles. The van der Waals surface area contributed by atoms with Gasteiger partial charge in [0.1, 0.15) is 11.4 Å². The van der Waals surface area contributed by atoms with E-state index in [1.807, 2.05) is 27.7 Å². The molecule has 0 saturated heterocycles. The number of hydrogen-bond donors (Lipinski definition) is 2. The van der Waals surface area contributed by atoms with Gasteiger partial charge in [0.15, 0.2) is 0 Å². The Morgan fingerprint density at radius 1 is 1.08 bits per heavy atom. The molecular weight excluding hydrogens is 525 g/mol. The Morgan fingerprint density at radius 3 is 2.28 bits per heavy atom. The second-order valence-electron chi connectivity index (χ2n) is 9.93. The number of nitrogens with zero attached hydrogens (tertiary/aromatic N) is 3. The minimum absolute atomic E-state index is 0.144. The van der Waals surface area contributed by atoms with Crippen molar-refractivity contribution in [1.82, 2.24) is 25.5 Å². The fourth-order valence-electron chi connectivity index (χ4n) is 3.55. The standard InChI is InChI=1S/C27H38FN5O5S/c1-7-8-17-33(26(35)38-27(2,3)4)18-9-15-30-23(21-14-16-31-25(32-21)39(6,36)37)22(24(34)29-5)19-10-12-20(28)13-11-19/h10-14,16,30H,7-9,15,17-18H2,1-6H3,(H,29,34)/b23-22-. The van der Waals surface area contributed by atoms with Gasteiger partial charge >= 0.3 is 6.09 Å². The van der Waals surface area contributed by atoms with Crippen LogP contribution in [-0.4, -0.2) is 73.8 Å².